The Kier molecular flexibility index (Phi) is 5.35. The smallest absolute Gasteiger partial charge is 0.270 e. The minimum absolute atomic E-state index is 0.193. The molecule has 2 aromatic carbocycles. The van der Waals surface area contributed by atoms with Gasteiger partial charge < -0.3 is 15.0 Å². The fraction of sp³-hybridized carbons (Fsp3) is 0.190. The summed E-state index contributed by atoms with van der Waals surface area (Å²) in [5.74, 6) is -0.293. The molecule has 0 fully saturated rings. The highest BCUT2D eigenvalue weighted by Crippen LogP contribution is 2.24. The van der Waals surface area contributed by atoms with Crippen LogP contribution >= 0.6 is 0 Å². The number of hydrogen-bond acceptors (Lipinski definition) is 4. The maximum atomic E-state index is 12.9. The van der Waals surface area contributed by atoms with Gasteiger partial charge in [0.05, 0.1) is 7.11 Å². The molecular formula is C21H21N3O3. The van der Waals surface area contributed by atoms with E-state index in [1.54, 1.807) is 32.3 Å². The minimum atomic E-state index is -0.798. The van der Waals surface area contributed by atoms with Crippen molar-refractivity contribution in [1.29, 1.82) is 0 Å². The molecule has 1 unspecified atom stereocenters. The number of carbonyl (C=O) groups is 2. The van der Waals surface area contributed by atoms with Crippen molar-refractivity contribution in [2.75, 3.05) is 21.2 Å². The normalized spacial score (nSPS) is 11.7. The first-order valence-corrected chi connectivity index (χ1v) is 8.52. The van der Waals surface area contributed by atoms with Crippen LogP contribution in [-0.4, -0.2) is 42.9 Å². The molecule has 2 amide bonds. The van der Waals surface area contributed by atoms with Crippen molar-refractivity contribution in [3.05, 3.63) is 71.9 Å². The van der Waals surface area contributed by atoms with E-state index in [9.17, 15) is 9.59 Å². The summed E-state index contributed by atoms with van der Waals surface area (Å²) in [6, 6.07) is 17.5. The summed E-state index contributed by atoms with van der Waals surface area (Å²) in [5, 5.41) is 4.46. The average Bonchev–Trinajstić information content (AvgIpc) is 2.71. The van der Waals surface area contributed by atoms with Gasteiger partial charge in [0.15, 0.2) is 0 Å². The van der Waals surface area contributed by atoms with E-state index in [1.165, 1.54) is 12.0 Å². The van der Waals surface area contributed by atoms with Gasteiger partial charge in [0.1, 0.15) is 11.7 Å². The van der Waals surface area contributed by atoms with Gasteiger partial charge in [0.25, 0.3) is 5.91 Å². The molecule has 0 saturated heterocycles. The monoisotopic (exact) mass is 363 g/mol. The number of carbonyl (C=O) groups excluding carboxylic acids is 2. The van der Waals surface area contributed by atoms with E-state index in [4.69, 9.17) is 4.74 Å². The van der Waals surface area contributed by atoms with E-state index < -0.39 is 11.9 Å². The number of pyridine rings is 1. The van der Waals surface area contributed by atoms with Crippen molar-refractivity contribution in [2.45, 2.75) is 6.04 Å². The van der Waals surface area contributed by atoms with Crippen LogP contribution in [0.4, 0.5) is 0 Å². The van der Waals surface area contributed by atoms with Gasteiger partial charge in [-0.15, -0.1) is 0 Å². The topological polar surface area (TPSA) is 71.5 Å². The second-order valence-electron chi connectivity index (χ2n) is 6.29. The van der Waals surface area contributed by atoms with Crippen molar-refractivity contribution in [3.63, 3.8) is 0 Å². The molecule has 0 aliphatic heterocycles. The molecule has 138 valence electrons. The van der Waals surface area contributed by atoms with E-state index in [1.807, 2.05) is 42.5 Å². The lowest BCUT2D eigenvalue weighted by Gasteiger charge is -2.22. The Morgan fingerprint density at radius 3 is 2.37 bits per heavy atom. The third-order valence-corrected chi connectivity index (χ3v) is 4.23. The SMILES string of the molecule is COc1nc(C(=O)NC(C(=O)N(C)C)c2ccccc2)cc2ccccc12. The molecule has 0 aliphatic carbocycles. The summed E-state index contributed by atoms with van der Waals surface area (Å²) in [4.78, 5) is 31.2. The summed E-state index contributed by atoms with van der Waals surface area (Å²) in [7, 11) is 4.82. The molecule has 0 aliphatic rings. The number of nitrogens with one attached hydrogen (secondary N) is 1. The van der Waals surface area contributed by atoms with Crippen LogP contribution < -0.4 is 10.1 Å². The fourth-order valence-corrected chi connectivity index (χ4v) is 2.84. The largest absolute Gasteiger partial charge is 0.481 e. The van der Waals surface area contributed by atoms with Crippen LogP contribution in [0, 0.1) is 0 Å². The lowest BCUT2D eigenvalue weighted by atomic mass is 10.1. The number of benzene rings is 2. The molecule has 27 heavy (non-hydrogen) atoms. The summed E-state index contributed by atoms with van der Waals surface area (Å²) in [6.07, 6.45) is 0. The Hall–Kier alpha value is -3.41. The number of rotatable bonds is 5. The lowest BCUT2D eigenvalue weighted by Crippen LogP contribution is -2.40. The molecule has 0 spiro atoms. The Morgan fingerprint density at radius 1 is 1.04 bits per heavy atom. The van der Waals surface area contributed by atoms with Gasteiger partial charge in [-0.1, -0.05) is 48.5 Å². The van der Waals surface area contributed by atoms with E-state index in [-0.39, 0.29) is 11.6 Å². The van der Waals surface area contributed by atoms with E-state index in [2.05, 4.69) is 10.3 Å². The predicted octanol–water partition coefficient (Wildman–Crippen LogP) is 2.80. The highest BCUT2D eigenvalue weighted by Gasteiger charge is 2.25. The zero-order valence-electron chi connectivity index (χ0n) is 15.5. The zero-order valence-corrected chi connectivity index (χ0v) is 15.5. The first-order valence-electron chi connectivity index (χ1n) is 8.52. The summed E-state index contributed by atoms with van der Waals surface area (Å²) < 4.78 is 5.33. The number of hydrogen-bond donors (Lipinski definition) is 1. The maximum absolute atomic E-state index is 12.9. The predicted molar refractivity (Wildman–Crippen MR) is 104 cm³/mol. The number of amides is 2. The molecule has 1 N–H and O–H groups in total. The van der Waals surface area contributed by atoms with Crippen molar-refractivity contribution in [1.82, 2.24) is 15.2 Å². The third-order valence-electron chi connectivity index (χ3n) is 4.23. The summed E-state index contributed by atoms with van der Waals surface area (Å²) >= 11 is 0. The molecule has 1 atom stereocenters. The quantitative estimate of drug-likeness (QED) is 0.757. The maximum Gasteiger partial charge on any atom is 0.270 e. The molecule has 3 aromatic rings. The molecule has 1 heterocycles. The number of likely N-dealkylation sites (N-methyl/N-ethyl adjacent to an activating group) is 1. The van der Waals surface area contributed by atoms with Crippen LogP contribution in [0.25, 0.3) is 10.8 Å². The van der Waals surface area contributed by atoms with Gasteiger partial charge in [0.2, 0.25) is 11.8 Å². The van der Waals surface area contributed by atoms with Gasteiger partial charge in [-0.25, -0.2) is 4.98 Å². The molecule has 3 rings (SSSR count). The van der Waals surface area contributed by atoms with Crippen LogP contribution in [0.15, 0.2) is 60.7 Å². The van der Waals surface area contributed by atoms with Gasteiger partial charge in [0, 0.05) is 19.5 Å². The number of aromatic nitrogens is 1. The number of methoxy groups -OCH3 is 1. The van der Waals surface area contributed by atoms with E-state index >= 15 is 0 Å². The summed E-state index contributed by atoms with van der Waals surface area (Å²) in [5.41, 5.74) is 0.898. The van der Waals surface area contributed by atoms with Crippen LogP contribution in [0.3, 0.4) is 0 Å². The van der Waals surface area contributed by atoms with E-state index in [0.29, 0.717) is 11.4 Å². The van der Waals surface area contributed by atoms with Crippen molar-refractivity contribution in [2.24, 2.45) is 0 Å². The first kappa shape index (κ1) is 18.4. The van der Waals surface area contributed by atoms with Gasteiger partial charge >= 0.3 is 0 Å². The molecule has 6 nitrogen and oxygen atoms in total. The van der Waals surface area contributed by atoms with E-state index in [0.717, 1.165) is 10.8 Å². The Morgan fingerprint density at radius 2 is 1.70 bits per heavy atom. The average molecular weight is 363 g/mol. The second kappa shape index (κ2) is 7.86. The minimum Gasteiger partial charge on any atom is -0.481 e. The van der Waals surface area contributed by atoms with Crippen molar-refractivity contribution in [3.8, 4) is 5.88 Å². The highest BCUT2D eigenvalue weighted by atomic mass is 16.5. The van der Waals surface area contributed by atoms with Crippen LogP contribution in [-0.2, 0) is 4.79 Å². The standard InChI is InChI=1S/C21H21N3O3/c1-24(2)21(26)18(14-9-5-4-6-10-14)23-19(25)17-13-15-11-7-8-12-16(15)20(22-17)27-3/h4-13,18H,1-3H3,(H,23,25). The van der Waals surface area contributed by atoms with Crippen molar-refractivity contribution < 1.29 is 14.3 Å². The fourth-order valence-electron chi connectivity index (χ4n) is 2.84. The molecule has 0 radical (unpaired) electrons. The molecule has 0 saturated carbocycles. The molecule has 6 heteroatoms. The molecule has 0 bridgehead atoms. The Bertz CT molecular complexity index is 971. The number of nitrogens with zero attached hydrogens (tertiary/aromatic N) is 2. The highest BCUT2D eigenvalue weighted by molar-refractivity contribution is 6.00. The van der Waals surface area contributed by atoms with Gasteiger partial charge in [-0.3, -0.25) is 9.59 Å². The van der Waals surface area contributed by atoms with Gasteiger partial charge in [-0.05, 0) is 23.1 Å². The molecule has 1 aromatic heterocycles. The Balaban J connectivity index is 1.96. The van der Waals surface area contributed by atoms with Gasteiger partial charge in [-0.2, -0.15) is 0 Å². The number of ether oxygens (including phenoxy) is 1. The second-order valence-corrected chi connectivity index (χ2v) is 6.29. The van der Waals surface area contributed by atoms with Crippen molar-refractivity contribution >= 4 is 22.6 Å². The number of fused-ring (bicyclic) bond motifs is 1. The first-order chi connectivity index (χ1) is 13.0. The zero-order chi connectivity index (χ0) is 19.4. The third kappa shape index (κ3) is 3.89. The summed E-state index contributed by atoms with van der Waals surface area (Å²) in [6.45, 7) is 0. The van der Waals surface area contributed by atoms with Crippen LogP contribution in [0.2, 0.25) is 0 Å². The molecular weight excluding hydrogens is 342 g/mol. The lowest BCUT2D eigenvalue weighted by molar-refractivity contribution is -0.130. The van der Waals surface area contributed by atoms with Crippen LogP contribution in [0.1, 0.15) is 22.1 Å². The van der Waals surface area contributed by atoms with Crippen LogP contribution in [0.5, 0.6) is 5.88 Å². The Labute approximate surface area is 157 Å².